The molecule has 0 saturated carbocycles. The van der Waals surface area contributed by atoms with Crippen LogP contribution in [0.1, 0.15) is 46.9 Å². The molecule has 1 heterocycles. The van der Waals surface area contributed by atoms with Crippen LogP contribution in [0.25, 0.3) is 16.9 Å². The van der Waals surface area contributed by atoms with Gasteiger partial charge in [0.1, 0.15) is 42.1 Å². The molecule has 0 aliphatic rings. The second kappa shape index (κ2) is 18.3. The van der Waals surface area contributed by atoms with Gasteiger partial charge in [-0.15, -0.1) is 0 Å². The maximum atomic E-state index is 13.2. The Hall–Kier alpha value is -5.33. The molecule has 0 atom stereocenters. The summed E-state index contributed by atoms with van der Waals surface area (Å²) in [5, 5.41) is 6.26. The SMILES string of the molecule is CC(=O)CCC(=O)c1cc(Cl)ccc1OCc1ccc(F)cc1.Cc1ccc(-c2cc(Cl)ccc2OCc2ccc(F)cc2)n1-c1cccc(S(N)(=O)=O)c1. The summed E-state index contributed by atoms with van der Waals surface area (Å²) in [6.07, 6.45) is 0.297. The van der Waals surface area contributed by atoms with Crippen molar-refractivity contribution in [1.29, 1.82) is 0 Å². The molecular weight excluding hydrogens is 769 g/mol. The lowest BCUT2D eigenvalue weighted by Crippen LogP contribution is -2.12. The number of aromatic nitrogens is 1. The zero-order valence-electron chi connectivity index (χ0n) is 29.8. The highest BCUT2D eigenvalue weighted by Crippen LogP contribution is 2.36. The number of hydrogen-bond donors (Lipinski definition) is 1. The fourth-order valence-corrected chi connectivity index (χ4v) is 6.37. The zero-order valence-corrected chi connectivity index (χ0v) is 32.1. The number of nitrogens with zero attached hydrogens (tertiary/aromatic N) is 1. The molecule has 1 aromatic heterocycles. The number of nitrogens with two attached hydrogens (primary N) is 1. The quantitative estimate of drug-likeness (QED) is 0.116. The van der Waals surface area contributed by atoms with Gasteiger partial charge in [0.2, 0.25) is 10.0 Å². The van der Waals surface area contributed by atoms with Gasteiger partial charge in [0.05, 0.1) is 16.2 Å². The number of sulfonamides is 1. The Bertz CT molecular complexity index is 2420. The molecule has 13 heteroatoms. The maximum absolute atomic E-state index is 13.2. The molecule has 0 aliphatic heterocycles. The number of ether oxygens (including phenoxy) is 2. The van der Waals surface area contributed by atoms with E-state index in [-0.39, 0.29) is 54.2 Å². The number of ketones is 2. The first-order valence-corrected chi connectivity index (χ1v) is 19.2. The predicted molar refractivity (Wildman–Crippen MR) is 209 cm³/mol. The van der Waals surface area contributed by atoms with Gasteiger partial charge in [0.25, 0.3) is 0 Å². The van der Waals surface area contributed by atoms with E-state index in [0.717, 1.165) is 28.1 Å². The van der Waals surface area contributed by atoms with E-state index in [1.165, 1.54) is 49.4 Å². The third-order valence-corrected chi connectivity index (χ3v) is 9.64. The molecule has 0 radical (unpaired) electrons. The van der Waals surface area contributed by atoms with Crippen molar-refractivity contribution in [1.82, 2.24) is 4.57 Å². The minimum atomic E-state index is -3.85. The summed E-state index contributed by atoms with van der Waals surface area (Å²) in [4.78, 5) is 23.3. The second-order valence-electron chi connectivity index (χ2n) is 12.5. The molecule has 6 aromatic rings. The number of aryl methyl sites for hydroxylation is 1. The Kier molecular flexibility index (Phi) is 13.6. The molecule has 0 saturated heterocycles. The Morgan fingerprint density at radius 2 is 1.27 bits per heavy atom. The fraction of sp³-hybridized carbons (Fsp3) is 0.143. The standard InChI is InChI=1S/C24H20ClFN2O3S.C18H16ClFO3/c1-16-5-11-23(28(16)20-3-2-4-21(14-20)32(27,29)30)22-13-18(25)8-12-24(22)31-15-17-6-9-19(26)10-7-17;1-12(21)2-8-17(22)16-10-14(19)5-9-18(16)23-11-13-3-6-15(20)7-4-13/h2-14H,15H2,1H3,(H2,27,29,30);3-7,9-10H,2,8,11H2,1H3. The average Bonchev–Trinajstić information content (AvgIpc) is 3.55. The van der Waals surface area contributed by atoms with Crippen LogP contribution in [0.15, 0.2) is 126 Å². The topological polar surface area (TPSA) is 118 Å². The van der Waals surface area contributed by atoms with Gasteiger partial charge in [0, 0.05) is 39.8 Å². The summed E-state index contributed by atoms with van der Waals surface area (Å²) in [5.41, 5.74) is 4.97. The highest BCUT2D eigenvalue weighted by atomic mass is 35.5. The second-order valence-corrected chi connectivity index (χ2v) is 14.9. The molecule has 2 N–H and O–H groups in total. The van der Waals surface area contributed by atoms with Crippen molar-refractivity contribution in [2.45, 2.75) is 44.8 Å². The average molecular weight is 806 g/mol. The minimum absolute atomic E-state index is 0.0212. The Balaban J connectivity index is 0.000000223. The normalized spacial score (nSPS) is 11.0. The van der Waals surface area contributed by atoms with Gasteiger partial charge >= 0.3 is 0 Å². The molecular formula is C42H36Cl2F2N2O6S. The van der Waals surface area contributed by atoms with Crippen molar-refractivity contribution in [3.05, 3.63) is 165 Å². The summed E-state index contributed by atoms with van der Waals surface area (Å²) in [5.74, 6) is 0.107. The van der Waals surface area contributed by atoms with E-state index in [1.807, 2.05) is 23.6 Å². The lowest BCUT2D eigenvalue weighted by molar-refractivity contribution is -0.117. The number of rotatable bonds is 13. The first-order valence-electron chi connectivity index (χ1n) is 16.9. The van der Waals surface area contributed by atoms with Crippen molar-refractivity contribution in [2.75, 3.05) is 0 Å². The summed E-state index contributed by atoms with van der Waals surface area (Å²) in [6, 6.07) is 32.3. The van der Waals surface area contributed by atoms with Crippen molar-refractivity contribution in [3.63, 3.8) is 0 Å². The molecule has 55 heavy (non-hydrogen) atoms. The third kappa shape index (κ3) is 11.3. The van der Waals surface area contributed by atoms with E-state index in [9.17, 15) is 26.8 Å². The number of primary sulfonamides is 1. The van der Waals surface area contributed by atoms with Crippen LogP contribution in [0.5, 0.6) is 11.5 Å². The highest BCUT2D eigenvalue weighted by molar-refractivity contribution is 7.89. The Morgan fingerprint density at radius 1 is 0.709 bits per heavy atom. The molecule has 0 aliphatic carbocycles. The molecule has 0 spiro atoms. The summed E-state index contributed by atoms with van der Waals surface area (Å²) >= 11 is 12.2. The Morgan fingerprint density at radius 3 is 1.85 bits per heavy atom. The van der Waals surface area contributed by atoms with E-state index in [4.69, 9.17) is 37.8 Å². The van der Waals surface area contributed by atoms with E-state index in [1.54, 1.807) is 66.7 Å². The van der Waals surface area contributed by atoms with Gasteiger partial charge in [-0.3, -0.25) is 4.79 Å². The minimum Gasteiger partial charge on any atom is -0.488 e. The van der Waals surface area contributed by atoms with Crippen LogP contribution in [0.2, 0.25) is 10.0 Å². The predicted octanol–water partition coefficient (Wildman–Crippen LogP) is 10.1. The largest absolute Gasteiger partial charge is 0.488 e. The number of carbonyl (C=O) groups is 2. The monoisotopic (exact) mass is 804 g/mol. The zero-order chi connectivity index (χ0) is 39.7. The lowest BCUT2D eigenvalue weighted by Gasteiger charge is -2.17. The van der Waals surface area contributed by atoms with E-state index >= 15 is 0 Å². The first-order chi connectivity index (χ1) is 26.2. The molecule has 284 valence electrons. The third-order valence-electron chi connectivity index (χ3n) is 8.26. The number of carbonyl (C=O) groups excluding carboxylic acids is 2. The van der Waals surface area contributed by atoms with Gasteiger partial charge in [0.15, 0.2) is 5.78 Å². The maximum Gasteiger partial charge on any atom is 0.238 e. The fourth-order valence-electron chi connectivity index (χ4n) is 5.47. The molecule has 6 rings (SSSR count). The van der Waals surface area contributed by atoms with Gasteiger partial charge < -0.3 is 18.8 Å². The van der Waals surface area contributed by atoms with Crippen molar-refractivity contribution >= 4 is 44.8 Å². The smallest absolute Gasteiger partial charge is 0.238 e. The summed E-state index contributed by atoms with van der Waals surface area (Å²) in [7, 11) is -3.85. The van der Waals surface area contributed by atoms with Gasteiger partial charge in [-0.25, -0.2) is 22.3 Å². The van der Waals surface area contributed by atoms with Crippen LogP contribution in [0.3, 0.4) is 0 Å². The van der Waals surface area contributed by atoms with Crippen LogP contribution < -0.4 is 14.6 Å². The van der Waals surface area contributed by atoms with E-state index in [2.05, 4.69) is 0 Å². The van der Waals surface area contributed by atoms with Crippen LogP contribution in [-0.4, -0.2) is 24.6 Å². The van der Waals surface area contributed by atoms with Crippen molar-refractivity contribution in [2.24, 2.45) is 5.14 Å². The molecule has 0 unspecified atom stereocenters. The van der Waals surface area contributed by atoms with Crippen LogP contribution in [0, 0.1) is 18.6 Å². The number of benzene rings is 5. The van der Waals surface area contributed by atoms with E-state index < -0.39 is 10.0 Å². The Labute approximate surface area is 328 Å². The van der Waals surface area contributed by atoms with Crippen molar-refractivity contribution < 1.29 is 36.3 Å². The number of hydrogen-bond acceptors (Lipinski definition) is 6. The molecule has 8 nitrogen and oxygen atoms in total. The van der Waals surface area contributed by atoms with Crippen LogP contribution in [0.4, 0.5) is 8.78 Å². The molecule has 0 fully saturated rings. The first kappa shape index (κ1) is 40.8. The summed E-state index contributed by atoms with van der Waals surface area (Å²) < 4.78 is 63.4. The van der Waals surface area contributed by atoms with Gasteiger partial charge in [-0.1, -0.05) is 53.5 Å². The van der Waals surface area contributed by atoms with Crippen LogP contribution in [-0.2, 0) is 28.0 Å². The summed E-state index contributed by atoms with van der Waals surface area (Å²) in [6.45, 7) is 3.80. The molecule has 0 amide bonds. The number of halogens is 4. The van der Waals surface area contributed by atoms with E-state index in [0.29, 0.717) is 32.8 Å². The lowest BCUT2D eigenvalue weighted by atomic mass is 10.0. The highest BCUT2D eigenvalue weighted by Gasteiger charge is 2.18. The van der Waals surface area contributed by atoms with Crippen LogP contribution >= 0.6 is 23.2 Å². The van der Waals surface area contributed by atoms with Gasteiger partial charge in [-0.05, 0) is 116 Å². The molecule has 5 aromatic carbocycles. The van der Waals surface area contributed by atoms with Crippen molar-refractivity contribution in [3.8, 4) is 28.4 Å². The van der Waals surface area contributed by atoms with Gasteiger partial charge in [-0.2, -0.15) is 0 Å². The number of Topliss-reactive ketones (excluding diaryl/α,β-unsaturated/α-hetero) is 2. The molecule has 0 bridgehead atoms.